The number of hydrogen-bond acceptors (Lipinski definition) is 4. The number of piperidine rings is 1. The Morgan fingerprint density at radius 1 is 1.38 bits per heavy atom. The molecule has 1 aromatic heterocycles. The summed E-state index contributed by atoms with van der Waals surface area (Å²) < 4.78 is 7.75. The number of carbonyl (C=O) groups excluding carboxylic acids is 2. The smallest absolute Gasteiger partial charge is 0.268 e. The second kappa shape index (κ2) is 8.68. The number of amides is 2. The number of hydrogen-bond donors (Lipinski definition) is 2. The molecule has 7 heteroatoms. The molecule has 7 nitrogen and oxygen atoms in total. The van der Waals surface area contributed by atoms with E-state index in [1.165, 1.54) is 0 Å². The van der Waals surface area contributed by atoms with Crippen LogP contribution in [0.2, 0.25) is 0 Å². The molecule has 2 amide bonds. The zero-order chi connectivity index (χ0) is 18.5. The van der Waals surface area contributed by atoms with Gasteiger partial charge in [0.1, 0.15) is 11.7 Å². The molecule has 26 heavy (non-hydrogen) atoms. The van der Waals surface area contributed by atoms with Gasteiger partial charge in [-0.25, -0.2) is 0 Å². The Bertz CT molecular complexity index is 620. The van der Waals surface area contributed by atoms with Crippen LogP contribution in [0, 0.1) is 0 Å². The van der Waals surface area contributed by atoms with Gasteiger partial charge in [-0.1, -0.05) is 0 Å². The van der Waals surface area contributed by atoms with Crippen LogP contribution in [0.5, 0.6) is 0 Å². The van der Waals surface area contributed by atoms with Gasteiger partial charge in [0.2, 0.25) is 5.91 Å². The molecule has 1 atom stereocenters. The Morgan fingerprint density at radius 3 is 2.88 bits per heavy atom. The maximum Gasteiger partial charge on any atom is 0.268 e. The Labute approximate surface area is 155 Å². The van der Waals surface area contributed by atoms with Crippen molar-refractivity contribution in [3.05, 3.63) is 24.0 Å². The van der Waals surface area contributed by atoms with Crippen LogP contribution in [0.4, 0.5) is 0 Å². The highest BCUT2D eigenvalue weighted by Gasteiger charge is 2.28. The highest BCUT2D eigenvalue weighted by Crippen LogP contribution is 2.16. The predicted octanol–water partition coefficient (Wildman–Crippen LogP) is 0.996. The summed E-state index contributed by atoms with van der Waals surface area (Å²) in [5.74, 6) is -0.333. The molecule has 3 heterocycles. The summed E-state index contributed by atoms with van der Waals surface area (Å²) in [5.41, 5.74) is 0.603. The van der Waals surface area contributed by atoms with Gasteiger partial charge < -0.3 is 24.8 Å². The summed E-state index contributed by atoms with van der Waals surface area (Å²) in [5, 5.41) is 5.66. The Balaban J connectivity index is 1.30. The molecule has 0 bridgehead atoms. The molecule has 0 saturated carbocycles. The monoisotopic (exact) mass is 362 g/mol. The van der Waals surface area contributed by atoms with Crippen LogP contribution in [0.1, 0.15) is 43.6 Å². The van der Waals surface area contributed by atoms with Crippen LogP contribution >= 0.6 is 0 Å². The lowest BCUT2D eigenvalue weighted by atomic mass is 10.1. The molecule has 0 spiro atoms. The van der Waals surface area contributed by atoms with Gasteiger partial charge in [0.25, 0.3) is 5.91 Å². The van der Waals surface area contributed by atoms with E-state index in [4.69, 9.17) is 4.74 Å². The number of fused-ring (bicyclic) bond motifs is 1. The molecule has 144 valence electrons. The van der Waals surface area contributed by atoms with E-state index in [-0.39, 0.29) is 11.8 Å². The minimum absolute atomic E-state index is 0.136. The van der Waals surface area contributed by atoms with Crippen LogP contribution in [0.25, 0.3) is 0 Å². The molecule has 2 aliphatic heterocycles. The molecule has 0 aromatic carbocycles. The first-order valence-corrected chi connectivity index (χ1v) is 9.64. The second-order valence-corrected chi connectivity index (χ2v) is 7.42. The van der Waals surface area contributed by atoms with Crippen LogP contribution in [0.3, 0.4) is 0 Å². The number of ether oxygens (including phenoxy) is 1. The lowest BCUT2D eigenvalue weighted by molar-refractivity contribution is -0.123. The van der Waals surface area contributed by atoms with Gasteiger partial charge in [0, 0.05) is 38.5 Å². The van der Waals surface area contributed by atoms with Crippen molar-refractivity contribution in [3.63, 3.8) is 0 Å². The molecule has 2 aliphatic rings. The first kappa shape index (κ1) is 18.9. The lowest BCUT2D eigenvalue weighted by Crippen LogP contribution is -2.52. The number of carbonyl (C=O) groups is 2. The van der Waals surface area contributed by atoms with E-state index in [1.807, 2.05) is 16.8 Å². The molecule has 1 fully saturated rings. The number of likely N-dealkylation sites (tertiary alicyclic amines) is 1. The second-order valence-electron chi connectivity index (χ2n) is 7.42. The molecule has 3 rings (SSSR count). The third-order valence-corrected chi connectivity index (χ3v) is 5.24. The zero-order valence-corrected chi connectivity index (χ0v) is 15.7. The first-order valence-electron chi connectivity index (χ1n) is 9.64. The highest BCUT2D eigenvalue weighted by molar-refractivity contribution is 5.97. The van der Waals surface area contributed by atoms with Crippen molar-refractivity contribution in [2.45, 2.75) is 57.8 Å². The van der Waals surface area contributed by atoms with Crippen molar-refractivity contribution >= 4 is 11.8 Å². The van der Waals surface area contributed by atoms with E-state index in [1.54, 1.807) is 6.07 Å². The normalized spacial score (nSPS) is 21.5. The molecule has 1 aromatic rings. The van der Waals surface area contributed by atoms with E-state index in [0.29, 0.717) is 37.5 Å². The van der Waals surface area contributed by atoms with Crippen molar-refractivity contribution in [2.24, 2.45) is 0 Å². The van der Waals surface area contributed by atoms with Gasteiger partial charge in [0.05, 0.1) is 12.6 Å². The van der Waals surface area contributed by atoms with Gasteiger partial charge >= 0.3 is 0 Å². The average molecular weight is 362 g/mol. The summed E-state index contributed by atoms with van der Waals surface area (Å²) in [6, 6.07) is 3.67. The fraction of sp³-hybridized carbons (Fsp3) is 0.684. The lowest BCUT2D eigenvalue weighted by Gasteiger charge is -2.34. The quantitative estimate of drug-likeness (QED) is 0.710. The van der Waals surface area contributed by atoms with Crippen molar-refractivity contribution in [2.75, 3.05) is 26.2 Å². The first-order chi connectivity index (χ1) is 12.5. The van der Waals surface area contributed by atoms with Gasteiger partial charge in [-0.3, -0.25) is 9.59 Å². The molecule has 0 aliphatic carbocycles. The molecule has 1 unspecified atom stereocenters. The number of nitrogens with one attached hydrogen (secondary N) is 2. The minimum atomic E-state index is -0.510. The molecule has 1 saturated heterocycles. The Hall–Kier alpha value is -1.86. The number of aromatic nitrogens is 1. The van der Waals surface area contributed by atoms with Crippen LogP contribution in [0.15, 0.2) is 18.3 Å². The van der Waals surface area contributed by atoms with E-state index in [9.17, 15) is 9.59 Å². The molecular formula is C19H30N4O3. The van der Waals surface area contributed by atoms with E-state index in [2.05, 4.69) is 29.4 Å². The van der Waals surface area contributed by atoms with Crippen molar-refractivity contribution in [1.82, 2.24) is 20.1 Å². The summed E-state index contributed by atoms with van der Waals surface area (Å²) in [6.45, 7) is 8.36. The zero-order valence-electron chi connectivity index (χ0n) is 15.7. The largest absolute Gasteiger partial charge is 0.378 e. The average Bonchev–Trinajstić information content (AvgIpc) is 3.11. The number of nitrogens with zero attached hydrogens (tertiary/aromatic N) is 2. The SMILES string of the molecule is CC(C)N1CCC(OCCCNC(=O)C2Cn3cccc3C(=O)N2)CC1. The predicted molar refractivity (Wildman–Crippen MR) is 99.0 cm³/mol. The Morgan fingerprint density at radius 2 is 2.15 bits per heavy atom. The summed E-state index contributed by atoms with van der Waals surface area (Å²) in [6.07, 6.45) is 5.11. The highest BCUT2D eigenvalue weighted by atomic mass is 16.5. The molecule has 0 radical (unpaired) electrons. The summed E-state index contributed by atoms with van der Waals surface area (Å²) in [7, 11) is 0. The van der Waals surface area contributed by atoms with Gasteiger partial charge in [-0.15, -0.1) is 0 Å². The third-order valence-electron chi connectivity index (χ3n) is 5.24. The third kappa shape index (κ3) is 4.65. The van der Waals surface area contributed by atoms with Crippen LogP contribution < -0.4 is 10.6 Å². The van der Waals surface area contributed by atoms with E-state index in [0.717, 1.165) is 32.4 Å². The molecule has 2 N–H and O–H groups in total. The fourth-order valence-electron chi connectivity index (χ4n) is 3.62. The standard InChI is InChI=1S/C19H30N4O3/c1-14(2)22-10-6-15(7-11-22)26-12-4-8-20-18(24)16-13-23-9-3-5-17(23)19(25)21-16/h3,5,9,14-16H,4,6-8,10-13H2,1-2H3,(H,20,24)(H,21,25). The maximum absolute atomic E-state index is 12.3. The van der Waals surface area contributed by atoms with Crippen LogP contribution in [-0.2, 0) is 16.1 Å². The Kier molecular flexibility index (Phi) is 6.32. The number of rotatable bonds is 7. The van der Waals surface area contributed by atoms with E-state index >= 15 is 0 Å². The molecular weight excluding hydrogens is 332 g/mol. The van der Waals surface area contributed by atoms with Gasteiger partial charge in [-0.05, 0) is 45.2 Å². The topological polar surface area (TPSA) is 75.6 Å². The van der Waals surface area contributed by atoms with Crippen molar-refractivity contribution < 1.29 is 14.3 Å². The minimum Gasteiger partial charge on any atom is -0.378 e. The van der Waals surface area contributed by atoms with Crippen molar-refractivity contribution in [3.8, 4) is 0 Å². The van der Waals surface area contributed by atoms with Crippen LogP contribution in [-0.4, -0.2) is 65.7 Å². The van der Waals surface area contributed by atoms with E-state index < -0.39 is 6.04 Å². The summed E-state index contributed by atoms with van der Waals surface area (Å²) >= 11 is 0. The van der Waals surface area contributed by atoms with Gasteiger partial charge in [0.15, 0.2) is 0 Å². The fourth-order valence-corrected chi connectivity index (χ4v) is 3.62. The van der Waals surface area contributed by atoms with Gasteiger partial charge in [-0.2, -0.15) is 0 Å². The summed E-state index contributed by atoms with van der Waals surface area (Å²) in [4.78, 5) is 26.7. The van der Waals surface area contributed by atoms with Crippen molar-refractivity contribution in [1.29, 1.82) is 0 Å². The maximum atomic E-state index is 12.3.